The molecule has 4 nitrogen and oxygen atoms in total. The van der Waals surface area contributed by atoms with Gasteiger partial charge in [-0.15, -0.1) is 0 Å². The minimum atomic E-state index is 0.639. The zero-order valence-corrected chi connectivity index (χ0v) is 11.1. The normalized spacial score (nSPS) is 11.8. The van der Waals surface area contributed by atoms with Crippen molar-refractivity contribution in [2.45, 2.75) is 25.8 Å². The third-order valence-corrected chi connectivity index (χ3v) is 2.21. The molecule has 0 aliphatic carbocycles. The van der Waals surface area contributed by atoms with Crippen LogP contribution in [0.4, 0.5) is 0 Å². The molecule has 0 aromatic heterocycles. The van der Waals surface area contributed by atoms with Gasteiger partial charge in [-0.05, 0) is 54.1 Å². The Bertz CT molecular complexity index is 90.6. The fraction of sp³-hybridized carbons (Fsp3) is 1.00. The fourth-order valence-corrected chi connectivity index (χ4v) is 1.14. The van der Waals surface area contributed by atoms with E-state index in [-0.39, 0.29) is 0 Å². The van der Waals surface area contributed by atoms with Crippen LogP contribution in [0.15, 0.2) is 0 Å². The lowest BCUT2D eigenvalue weighted by Crippen LogP contribution is -2.34. The highest BCUT2D eigenvalue weighted by molar-refractivity contribution is 4.62. The Kier molecular flexibility index (Phi) is 18.7. The van der Waals surface area contributed by atoms with Crippen molar-refractivity contribution >= 4 is 0 Å². The molecule has 0 spiro atoms. The highest BCUT2D eigenvalue weighted by atomic mass is 14.9. The summed E-state index contributed by atoms with van der Waals surface area (Å²) in [5, 5.41) is 12.4. The maximum absolute atomic E-state index is 3.19. The summed E-state index contributed by atoms with van der Waals surface area (Å²) in [5.41, 5.74) is 0. The molecular formula is C11H30N4. The summed E-state index contributed by atoms with van der Waals surface area (Å²) in [7, 11) is 7.90. The molecule has 0 amide bonds. The van der Waals surface area contributed by atoms with Crippen LogP contribution in [0.1, 0.15) is 19.8 Å². The van der Waals surface area contributed by atoms with Gasteiger partial charge in [-0.3, -0.25) is 0 Å². The molecule has 0 aromatic rings. The largest absolute Gasteiger partial charge is 0.320 e. The number of nitrogens with one attached hydrogen (secondary N) is 4. The van der Waals surface area contributed by atoms with Crippen molar-refractivity contribution in [3.63, 3.8) is 0 Å². The zero-order chi connectivity index (χ0) is 11.9. The van der Waals surface area contributed by atoms with E-state index in [2.05, 4.69) is 28.2 Å². The van der Waals surface area contributed by atoms with Crippen LogP contribution >= 0.6 is 0 Å². The molecular weight excluding hydrogens is 188 g/mol. The van der Waals surface area contributed by atoms with Gasteiger partial charge in [0.15, 0.2) is 0 Å². The maximum atomic E-state index is 3.19. The number of rotatable bonds is 8. The van der Waals surface area contributed by atoms with E-state index in [4.69, 9.17) is 0 Å². The minimum Gasteiger partial charge on any atom is -0.320 e. The van der Waals surface area contributed by atoms with Gasteiger partial charge in [0.2, 0.25) is 0 Å². The maximum Gasteiger partial charge on any atom is 0.0186 e. The third-order valence-electron chi connectivity index (χ3n) is 2.21. The molecule has 15 heavy (non-hydrogen) atoms. The average molecular weight is 218 g/mol. The summed E-state index contributed by atoms with van der Waals surface area (Å²) in [4.78, 5) is 0. The molecule has 0 aliphatic rings. The smallest absolute Gasteiger partial charge is 0.0186 e. The minimum absolute atomic E-state index is 0.639. The molecule has 0 aliphatic heterocycles. The van der Waals surface area contributed by atoms with Crippen LogP contribution in [0.3, 0.4) is 0 Å². The van der Waals surface area contributed by atoms with E-state index >= 15 is 0 Å². The van der Waals surface area contributed by atoms with Crippen LogP contribution in [-0.4, -0.2) is 53.9 Å². The summed E-state index contributed by atoms with van der Waals surface area (Å²) < 4.78 is 0. The highest BCUT2D eigenvalue weighted by Gasteiger charge is 1.97. The lowest BCUT2D eigenvalue weighted by atomic mass is 10.2. The predicted octanol–water partition coefficient (Wildman–Crippen LogP) is 0.0191. The number of hydrogen-bond donors (Lipinski definition) is 4. The van der Waals surface area contributed by atoms with Crippen molar-refractivity contribution in [3.05, 3.63) is 0 Å². The van der Waals surface area contributed by atoms with Gasteiger partial charge in [-0.1, -0.05) is 6.92 Å². The first-order valence-corrected chi connectivity index (χ1v) is 5.87. The quantitative estimate of drug-likeness (QED) is 0.434. The second kappa shape index (κ2) is 16.3. The molecule has 0 fully saturated rings. The average Bonchev–Trinajstić information content (AvgIpc) is 2.27. The van der Waals surface area contributed by atoms with Crippen LogP contribution < -0.4 is 21.3 Å². The summed E-state index contributed by atoms with van der Waals surface area (Å²) in [5.74, 6) is 0. The van der Waals surface area contributed by atoms with Crippen molar-refractivity contribution in [3.8, 4) is 0 Å². The first-order valence-electron chi connectivity index (χ1n) is 5.87. The van der Waals surface area contributed by atoms with E-state index in [1.54, 1.807) is 0 Å². The SMILES string of the molecule is CCC(CNC)NC.CNCCCNC. The van der Waals surface area contributed by atoms with Gasteiger partial charge < -0.3 is 21.3 Å². The van der Waals surface area contributed by atoms with Crippen molar-refractivity contribution in [1.29, 1.82) is 0 Å². The lowest BCUT2D eigenvalue weighted by molar-refractivity contribution is 0.519. The van der Waals surface area contributed by atoms with Crippen LogP contribution in [0.25, 0.3) is 0 Å². The number of likely N-dealkylation sites (N-methyl/N-ethyl adjacent to an activating group) is 2. The Labute approximate surface area is 95.6 Å². The van der Waals surface area contributed by atoms with Crippen LogP contribution in [0.5, 0.6) is 0 Å². The van der Waals surface area contributed by atoms with Gasteiger partial charge in [0, 0.05) is 12.6 Å². The predicted molar refractivity (Wildman–Crippen MR) is 69.5 cm³/mol. The van der Waals surface area contributed by atoms with E-state index in [0.29, 0.717) is 6.04 Å². The Hall–Kier alpha value is -0.160. The van der Waals surface area contributed by atoms with Crippen molar-refractivity contribution in [2.75, 3.05) is 47.8 Å². The molecule has 4 heteroatoms. The Morgan fingerprint density at radius 3 is 1.60 bits per heavy atom. The second-order valence-electron chi connectivity index (χ2n) is 3.51. The zero-order valence-electron chi connectivity index (χ0n) is 11.1. The van der Waals surface area contributed by atoms with Gasteiger partial charge in [-0.25, -0.2) is 0 Å². The van der Waals surface area contributed by atoms with Gasteiger partial charge in [0.05, 0.1) is 0 Å². The van der Waals surface area contributed by atoms with Gasteiger partial charge >= 0.3 is 0 Å². The van der Waals surface area contributed by atoms with Crippen molar-refractivity contribution in [2.24, 2.45) is 0 Å². The molecule has 1 unspecified atom stereocenters. The van der Waals surface area contributed by atoms with Gasteiger partial charge in [0.1, 0.15) is 0 Å². The van der Waals surface area contributed by atoms with Crippen LogP contribution in [0.2, 0.25) is 0 Å². The van der Waals surface area contributed by atoms with Crippen molar-refractivity contribution in [1.82, 2.24) is 21.3 Å². The van der Waals surface area contributed by atoms with Crippen LogP contribution in [-0.2, 0) is 0 Å². The molecule has 0 saturated heterocycles. The van der Waals surface area contributed by atoms with E-state index in [0.717, 1.165) is 19.6 Å². The Morgan fingerprint density at radius 2 is 1.40 bits per heavy atom. The monoisotopic (exact) mass is 218 g/mol. The summed E-state index contributed by atoms with van der Waals surface area (Å²) >= 11 is 0. The third kappa shape index (κ3) is 16.5. The standard InChI is InChI=1S/C6H16N2.C5H14N2/c1-4-6(8-3)5-7-2;1-6-4-3-5-7-2/h6-8H,4-5H2,1-3H3;6-7H,3-5H2,1-2H3. The summed E-state index contributed by atoms with van der Waals surface area (Å²) in [6.45, 7) is 5.47. The molecule has 0 saturated carbocycles. The fourth-order valence-electron chi connectivity index (χ4n) is 1.14. The van der Waals surface area contributed by atoms with E-state index in [1.807, 2.05) is 28.2 Å². The Morgan fingerprint density at radius 1 is 0.867 bits per heavy atom. The molecule has 1 atom stereocenters. The molecule has 0 radical (unpaired) electrons. The van der Waals surface area contributed by atoms with E-state index in [9.17, 15) is 0 Å². The molecule has 0 rings (SSSR count). The topological polar surface area (TPSA) is 48.1 Å². The summed E-state index contributed by atoms with van der Waals surface area (Å²) in [6.07, 6.45) is 2.41. The lowest BCUT2D eigenvalue weighted by Gasteiger charge is -2.11. The first kappa shape index (κ1) is 17.2. The first-order chi connectivity index (χ1) is 7.26. The molecule has 0 heterocycles. The van der Waals surface area contributed by atoms with E-state index < -0.39 is 0 Å². The molecule has 4 N–H and O–H groups in total. The molecule has 94 valence electrons. The number of hydrogen-bond acceptors (Lipinski definition) is 4. The highest BCUT2D eigenvalue weighted by Crippen LogP contribution is 1.84. The second-order valence-corrected chi connectivity index (χ2v) is 3.51. The van der Waals surface area contributed by atoms with Gasteiger partial charge in [-0.2, -0.15) is 0 Å². The van der Waals surface area contributed by atoms with Crippen LogP contribution in [0, 0.1) is 0 Å². The van der Waals surface area contributed by atoms with Crippen molar-refractivity contribution < 1.29 is 0 Å². The van der Waals surface area contributed by atoms with Gasteiger partial charge in [0.25, 0.3) is 0 Å². The molecule has 0 bridgehead atoms. The van der Waals surface area contributed by atoms with E-state index in [1.165, 1.54) is 12.8 Å². The molecule has 0 aromatic carbocycles. The summed E-state index contributed by atoms with van der Waals surface area (Å²) in [6, 6.07) is 0.639. The Balaban J connectivity index is 0.